The van der Waals surface area contributed by atoms with E-state index in [1.165, 1.54) is 26.2 Å². The van der Waals surface area contributed by atoms with E-state index in [1.807, 2.05) is 0 Å². The van der Waals surface area contributed by atoms with E-state index in [1.54, 1.807) is 0 Å². The average molecular weight is 274 g/mol. The van der Waals surface area contributed by atoms with Gasteiger partial charge in [-0.25, -0.2) is 0 Å². The van der Waals surface area contributed by atoms with E-state index in [0.717, 1.165) is 12.8 Å². The van der Waals surface area contributed by atoms with Crippen molar-refractivity contribution in [1.82, 2.24) is 0 Å². The summed E-state index contributed by atoms with van der Waals surface area (Å²) >= 11 is 0. The molecule has 0 fully saturated rings. The smallest absolute Gasteiger partial charge is 0.305 e. The van der Waals surface area contributed by atoms with Gasteiger partial charge in [0.15, 0.2) is 0 Å². The molecule has 0 unspecified atom stereocenters. The summed E-state index contributed by atoms with van der Waals surface area (Å²) in [7, 11) is 0. The number of carbonyl (C=O) groups is 2. The zero-order valence-electron chi connectivity index (χ0n) is 12.1. The predicted octanol–water partition coefficient (Wildman–Crippen LogP) is 2.47. The van der Waals surface area contributed by atoms with Gasteiger partial charge in [0.2, 0.25) is 0 Å². The first-order chi connectivity index (χ1) is 9.16. The van der Waals surface area contributed by atoms with Crippen molar-refractivity contribution in [2.24, 2.45) is 0 Å². The first-order valence-corrected chi connectivity index (χ1v) is 7.03. The van der Waals surface area contributed by atoms with Crippen LogP contribution in [0.25, 0.3) is 0 Å². The summed E-state index contributed by atoms with van der Waals surface area (Å²) in [6.07, 6.45) is 6.08. The Labute approximate surface area is 115 Å². The van der Waals surface area contributed by atoms with Gasteiger partial charge in [-0.15, -0.1) is 0 Å². The lowest BCUT2D eigenvalue weighted by Gasteiger charge is -2.06. The van der Waals surface area contributed by atoms with E-state index >= 15 is 0 Å². The lowest BCUT2D eigenvalue weighted by atomic mass is 10.1. The van der Waals surface area contributed by atoms with Gasteiger partial charge in [-0.1, -0.05) is 32.6 Å². The summed E-state index contributed by atoms with van der Waals surface area (Å²) in [5.74, 6) is -0.488. The Hall–Kier alpha value is -1.10. The molecule has 0 aromatic rings. The molecule has 0 spiro atoms. The van der Waals surface area contributed by atoms with Gasteiger partial charge in [-0.2, -0.15) is 0 Å². The van der Waals surface area contributed by atoms with E-state index in [-0.39, 0.29) is 25.2 Å². The fraction of sp³-hybridized carbons (Fsp3) is 0.857. The summed E-state index contributed by atoms with van der Waals surface area (Å²) < 4.78 is 14.8. The highest BCUT2D eigenvalue weighted by molar-refractivity contribution is 5.69. The molecule has 0 atom stereocenters. The SMILES string of the molecule is CCCCCCCC(=O)OCCOCCOC(C)=O. The maximum Gasteiger partial charge on any atom is 0.305 e. The van der Waals surface area contributed by atoms with Gasteiger partial charge < -0.3 is 14.2 Å². The van der Waals surface area contributed by atoms with Crippen LogP contribution in [-0.2, 0) is 23.8 Å². The van der Waals surface area contributed by atoms with Crippen molar-refractivity contribution in [3.63, 3.8) is 0 Å². The molecule has 0 radical (unpaired) electrons. The normalized spacial score (nSPS) is 10.2. The number of carbonyl (C=O) groups excluding carboxylic acids is 2. The van der Waals surface area contributed by atoms with Gasteiger partial charge in [0, 0.05) is 13.3 Å². The second kappa shape index (κ2) is 13.3. The molecule has 0 saturated heterocycles. The Morgan fingerprint density at radius 2 is 1.47 bits per heavy atom. The summed E-state index contributed by atoms with van der Waals surface area (Å²) in [6, 6.07) is 0. The van der Waals surface area contributed by atoms with Crippen LogP contribution in [0.15, 0.2) is 0 Å². The van der Waals surface area contributed by atoms with Crippen LogP contribution in [0.5, 0.6) is 0 Å². The van der Waals surface area contributed by atoms with Gasteiger partial charge in [0.05, 0.1) is 13.2 Å². The van der Waals surface area contributed by atoms with Crippen LogP contribution >= 0.6 is 0 Å². The van der Waals surface area contributed by atoms with Crippen LogP contribution in [-0.4, -0.2) is 38.4 Å². The van der Waals surface area contributed by atoms with Crippen molar-refractivity contribution in [2.45, 2.75) is 52.4 Å². The number of hydrogen-bond acceptors (Lipinski definition) is 5. The predicted molar refractivity (Wildman–Crippen MR) is 71.8 cm³/mol. The Balaban J connectivity index is 3.18. The number of esters is 2. The highest BCUT2D eigenvalue weighted by atomic mass is 16.6. The second-order valence-corrected chi connectivity index (χ2v) is 4.34. The number of rotatable bonds is 12. The Bertz CT molecular complexity index is 240. The Morgan fingerprint density at radius 3 is 2.11 bits per heavy atom. The minimum Gasteiger partial charge on any atom is -0.463 e. The van der Waals surface area contributed by atoms with E-state index in [9.17, 15) is 9.59 Å². The number of unbranched alkanes of at least 4 members (excludes halogenated alkanes) is 4. The fourth-order valence-electron chi connectivity index (χ4n) is 1.51. The minimum atomic E-state index is -0.321. The highest BCUT2D eigenvalue weighted by Gasteiger charge is 2.02. The van der Waals surface area contributed by atoms with Gasteiger partial charge in [0.1, 0.15) is 13.2 Å². The molecule has 5 nitrogen and oxygen atoms in total. The third-order valence-electron chi connectivity index (χ3n) is 2.51. The van der Waals surface area contributed by atoms with Crippen molar-refractivity contribution in [3.8, 4) is 0 Å². The molecule has 0 rings (SSSR count). The molecule has 0 aromatic heterocycles. The van der Waals surface area contributed by atoms with Crippen molar-refractivity contribution < 1.29 is 23.8 Å². The van der Waals surface area contributed by atoms with E-state index in [4.69, 9.17) is 9.47 Å². The van der Waals surface area contributed by atoms with Crippen LogP contribution in [0, 0.1) is 0 Å². The van der Waals surface area contributed by atoms with Gasteiger partial charge in [0.25, 0.3) is 0 Å². The molecule has 0 bridgehead atoms. The molecule has 0 heterocycles. The molecule has 0 aliphatic carbocycles. The standard InChI is InChI=1S/C14H26O5/c1-3-4-5-6-7-8-14(16)19-12-10-17-9-11-18-13(2)15/h3-12H2,1-2H3. The largest absolute Gasteiger partial charge is 0.463 e. The second-order valence-electron chi connectivity index (χ2n) is 4.34. The molecule has 0 N–H and O–H groups in total. The molecule has 0 aliphatic rings. The van der Waals surface area contributed by atoms with E-state index in [2.05, 4.69) is 11.7 Å². The zero-order chi connectivity index (χ0) is 14.3. The van der Waals surface area contributed by atoms with Crippen LogP contribution in [0.4, 0.5) is 0 Å². The summed E-state index contributed by atoms with van der Waals surface area (Å²) in [4.78, 5) is 21.7. The first-order valence-electron chi connectivity index (χ1n) is 7.03. The Morgan fingerprint density at radius 1 is 0.842 bits per heavy atom. The summed E-state index contributed by atoms with van der Waals surface area (Å²) in [6.45, 7) is 4.67. The average Bonchev–Trinajstić information content (AvgIpc) is 2.37. The highest BCUT2D eigenvalue weighted by Crippen LogP contribution is 2.05. The quantitative estimate of drug-likeness (QED) is 0.404. The van der Waals surface area contributed by atoms with Gasteiger partial charge in [-0.05, 0) is 6.42 Å². The van der Waals surface area contributed by atoms with E-state index < -0.39 is 0 Å². The molecule has 19 heavy (non-hydrogen) atoms. The van der Waals surface area contributed by atoms with Crippen LogP contribution in [0.1, 0.15) is 52.4 Å². The van der Waals surface area contributed by atoms with Crippen LogP contribution < -0.4 is 0 Å². The first kappa shape index (κ1) is 17.9. The molecule has 0 aromatic carbocycles. The fourth-order valence-corrected chi connectivity index (χ4v) is 1.51. The summed E-state index contributed by atoms with van der Waals surface area (Å²) in [5, 5.41) is 0. The van der Waals surface area contributed by atoms with Crippen molar-refractivity contribution in [1.29, 1.82) is 0 Å². The topological polar surface area (TPSA) is 61.8 Å². The lowest BCUT2D eigenvalue weighted by molar-refractivity contribution is -0.145. The molecule has 5 heteroatoms. The minimum absolute atomic E-state index is 0.167. The maximum absolute atomic E-state index is 11.3. The molecular weight excluding hydrogens is 248 g/mol. The summed E-state index contributed by atoms with van der Waals surface area (Å²) in [5.41, 5.74) is 0. The van der Waals surface area contributed by atoms with Gasteiger partial charge >= 0.3 is 11.9 Å². The Kier molecular flexibility index (Phi) is 12.6. The van der Waals surface area contributed by atoms with Crippen molar-refractivity contribution >= 4 is 11.9 Å². The lowest BCUT2D eigenvalue weighted by Crippen LogP contribution is -2.13. The van der Waals surface area contributed by atoms with Crippen molar-refractivity contribution in [2.75, 3.05) is 26.4 Å². The van der Waals surface area contributed by atoms with Gasteiger partial charge in [-0.3, -0.25) is 9.59 Å². The monoisotopic (exact) mass is 274 g/mol. The van der Waals surface area contributed by atoms with Crippen molar-refractivity contribution in [3.05, 3.63) is 0 Å². The maximum atomic E-state index is 11.3. The third-order valence-corrected chi connectivity index (χ3v) is 2.51. The molecular formula is C14H26O5. The van der Waals surface area contributed by atoms with Crippen LogP contribution in [0.2, 0.25) is 0 Å². The zero-order valence-corrected chi connectivity index (χ0v) is 12.1. The van der Waals surface area contributed by atoms with Crippen LogP contribution in [0.3, 0.4) is 0 Å². The molecule has 0 amide bonds. The molecule has 0 aliphatic heterocycles. The molecule has 112 valence electrons. The van der Waals surface area contributed by atoms with E-state index in [0.29, 0.717) is 19.6 Å². The molecule has 0 saturated carbocycles. The number of hydrogen-bond donors (Lipinski definition) is 0. The third kappa shape index (κ3) is 14.8. The number of ether oxygens (including phenoxy) is 3.